The standard InChI is InChI=1S/C17H19N3O3.ClH/c1-3-22-15-11-14(20-18)16(23-4-2)10-13(15)19-17(21)12-8-6-5-7-9-12;/h5-11,16H,3-4H2,1-2H3,(H,19,21);1H. The van der Waals surface area contributed by atoms with Crippen LogP contribution in [0.25, 0.3) is 5.53 Å². The van der Waals surface area contributed by atoms with Gasteiger partial charge in [0.25, 0.3) is 5.91 Å². The molecule has 2 rings (SSSR count). The number of halogens is 1. The lowest BCUT2D eigenvalue weighted by molar-refractivity contribution is -0.0223. The molecule has 128 valence electrons. The molecule has 1 N–H and O–H groups in total. The maximum Gasteiger partial charge on any atom is 0.328 e. The van der Waals surface area contributed by atoms with Crippen LogP contribution >= 0.6 is 12.4 Å². The Balaban J connectivity index is 0.00000288. The number of nitrogens with one attached hydrogen (secondary N) is 1. The first-order valence-electron chi connectivity index (χ1n) is 7.46. The smallest absolute Gasteiger partial charge is 0.328 e. The Labute approximate surface area is 147 Å². The van der Waals surface area contributed by atoms with Crippen LogP contribution in [-0.2, 0) is 9.47 Å². The Kier molecular flexibility index (Phi) is 7.92. The summed E-state index contributed by atoms with van der Waals surface area (Å²) < 4.78 is 11.0. The van der Waals surface area contributed by atoms with Gasteiger partial charge in [-0.15, -0.1) is 12.4 Å². The van der Waals surface area contributed by atoms with E-state index in [4.69, 9.17) is 15.0 Å². The van der Waals surface area contributed by atoms with Crippen molar-refractivity contribution in [2.24, 2.45) is 0 Å². The average molecular weight is 350 g/mol. The summed E-state index contributed by atoms with van der Waals surface area (Å²) >= 11 is 0. The summed E-state index contributed by atoms with van der Waals surface area (Å²) in [6.07, 6.45) is 2.69. The predicted molar refractivity (Wildman–Crippen MR) is 93.0 cm³/mol. The molecule has 0 heterocycles. The molecule has 1 atom stereocenters. The van der Waals surface area contributed by atoms with Crippen LogP contribution < -0.4 is 5.32 Å². The lowest BCUT2D eigenvalue weighted by Gasteiger charge is -2.20. The number of carbonyl (C=O) groups excluding carboxylic acids is 1. The normalized spacial score (nSPS) is 16.2. The maximum atomic E-state index is 12.3. The molecule has 0 aromatic heterocycles. The number of amides is 1. The van der Waals surface area contributed by atoms with Crippen molar-refractivity contribution in [2.45, 2.75) is 20.0 Å². The van der Waals surface area contributed by atoms with Crippen molar-refractivity contribution < 1.29 is 19.1 Å². The molecule has 0 saturated carbocycles. The lowest BCUT2D eigenvalue weighted by Crippen LogP contribution is -2.32. The molecule has 0 radical (unpaired) electrons. The van der Waals surface area contributed by atoms with E-state index in [-0.39, 0.29) is 18.3 Å². The lowest BCUT2D eigenvalue weighted by atomic mass is 10.0. The molecule has 0 saturated heterocycles. The summed E-state index contributed by atoms with van der Waals surface area (Å²) in [5.41, 5.74) is 10.5. The zero-order valence-electron chi connectivity index (χ0n) is 13.6. The van der Waals surface area contributed by atoms with E-state index in [0.29, 0.717) is 35.9 Å². The van der Waals surface area contributed by atoms with E-state index in [9.17, 15) is 4.79 Å². The number of nitrogens with zero attached hydrogens (tertiary/aromatic N) is 2. The predicted octanol–water partition coefficient (Wildman–Crippen LogP) is 2.73. The second-order valence-electron chi connectivity index (χ2n) is 4.74. The van der Waals surface area contributed by atoms with E-state index in [0.717, 1.165) is 0 Å². The highest BCUT2D eigenvalue weighted by Crippen LogP contribution is 2.19. The zero-order chi connectivity index (χ0) is 16.7. The van der Waals surface area contributed by atoms with Crippen molar-refractivity contribution in [1.82, 2.24) is 5.32 Å². The summed E-state index contributed by atoms with van der Waals surface area (Å²) in [6, 6.07) is 8.89. The van der Waals surface area contributed by atoms with Gasteiger partial charge >= 0.3 is 5.71 Å². The molecule has 7 heteroatoms. The zero-order valence-corrected chi connectivity index (χ0v) is 14.4. The number of hydrogen-bond donors (Lipinski definition) is 1. The van der Waals surface area contributed by atoms with Crippen molar-refractivity contribution in [3.8, 4) is 0 Å². The van der Waals surface area contributed by atoms with Crippen LogP contribution in [0.3, 0.4) is 0 Å². The average Bonchev–Trinajstić information content (AvgIpc) is 2.58. The minimum Gasteiger partial charge on any atom is -0.491 e. The van der Waals surface area contributed by atoms with Crippen LogP contribution in [0.5, 0.6) is 0 Å². The van der Waals surface area contributed by atoms with Crippen molar-refractivity contribution in [3.05, 3.63) is 65.0 Å². The van der Waals surface area contributed by atoms with Crippen LogP contribution in [0.2, 0.25) is 0 Å². The quantitative estimate of drug-likeness (QED) is 0.633. The minimum absolute atomic E-state index is 0. The molecule has 1 aliphatic carbocycles. The highest BCUT2D eigenvalue weighted by Gasteiger charge is 2.29. The van der Waals surface area contributed by atoms with Crippen LogP contribution in [0.15, 0.2) is 53.9 Å². The Morgan fingerprint density at radius 2 is 1.96 bits per heavy atom. The van der Waals surface area contributed by atoms with Gasteiger partial charge in [-0.1, -0.05) is 18.2 Å². The molecule has 24 heavy (non-hydrogen) atoms. The van der Waals surface area contributed by atoms with Crippen molar-refractivity contribution in [1.29, 1.82) is 0 Å². The molecule has 1 aromatic carbocycles. The van der Waals surface area contributed by atoms with Gasteiger partial charge in [0.2, 0.25) is 0 Å². The molecule has 0 bridgehead atoms. The van der Waals surface area contributed by atoms with Gasteiger partial charge in [0.1, 0.15) is 5.76 Å². The van der Waals surface area contributed by atoms with Crippen LogP contribution in [0, 0.1) is 0 Å². The Morgan fingerprint density at radius 3 is 2.54 bits per heavy atom. The molecule has 6 nitrogen and oxygen atoms in total. The number of ether oxygens (including phenoxy) is 2. The van der Waals surface area contributed by atoms with Crippen molar-refractivity contribution >= 4 is 24.0 Å². The fourth-order valence-corrected chi connectivity index (χ4v) is 2.17. The van der Waals surface area contributed by atoms with Gasteiger partial charge in [-0.05, 0) is 32.1 Å². The monoisotopic (exact) mass is 349 g/mol. The third-order valence-corrected chi connectivity index (χ3v) is 3.20. The fourth-order valence-electron chi connectivity index (χ4n) is 2.17. The molecule has 1 aliphatic rings. The topological polar surface area (TPSA) is 84.0 Å². The first-order valence-corrected chi connectivity index (χ1v) is 7.46. The van der Waals surface area contributed by atoms with Crippen LogP contribution in [0.4, 0.5) is 0 Å². The van der Waals surface area contributed by atoms with E-state index in [1.54, 1.807) is 36.4 Å². The van der Waals surface area contributed by atoms with E-state index < -0.39 is 6.10 Å². The minimum atomic E-state index is -0.541. The van der Waals surface area contributed by atoms with Gasteiger partial charge in [0.05, 0.1) is 18.4 Å². The highest BCUT2D eigenvalue weighted by atomic mass is 35.5. The summed E-state index contributed by atoms with van der Waals surface area (Å²) in [5.74, 6) is 0.183. The van der Waals surface area contributed by atoms with E-state index in [2.05, 4.69) is 10.1 Å². The first-order chi connectivity index (χ1) is 11.2. The first kappa shape index (κ1) is 19.6. The SMILES string of the molecule is CCOC1=CC(=[N+]=[N-])C(OCC)C=C1NC(=O)c1ccccc1.Cl. The van der Waals surface area contributed by atoms with Crippen molar-refractivity contribution in [3.63, 3.8) is 0 Å². The fraction of sp³-hybridized carbons (Fsp3) is 0.294. The van der Waals surface area contributed by atoms with Gasteiger partial charge in [-0.25, -0.2) is 0 Å². The van der Waals surface area contributed by atoms with Gasteiger partial charge in [0, 0.05) is 12.2 Å². The molecule has 0 spiro atoms. The number of benzene rings is 1. The van der Waals surface area contributed by atoms with E-state index in [1.165, 1.54) is 0 Å². The molecule has 1 unspecified atom stereocenters. The maximum absolute atomic E-state index is 12.3. The molecule has 1 amide bonds. The number of carbonyl (C=O) groups is 1. The van der Waals surface area contributed by atoms with E-state index in [1.807, 2.05) is 19.9 Å². The van der Waals surface area contributed by atoms with E-state index >= 15 is 0 Å². The number of hydrogen-bond acceptors (Lipinski definition) is 3. The largest absolute Gasteiger partial charge is 0.491 e. The van der Waals surface area contributed by atoms with Gasteiger partial charge in [0.15, 0.2) is 6.10 Å². The van der Waals surface area contributed by atoms with Gasteiger partial charge in [-0.2, -0.15) is 4.79 Å². The third kappa shape index (κ3) is 4.80. The van der Waals surface area contributed by atoms with Crippen LogP contribution in [0.1, 0.15) is 24.2 Å². The Hall–Kier alpha value is -2.40. The molecule has 0 aliphatic heterocycles. The second kappa shape index (κ2) is 9.67. The molecular formula is C17H20ClN3O3. The highest BCUT2D eigenvalue weighted by molar-refractivity contribution is 6.00. The van der Waals surface area contributed by atoms with Crippen molar-refractivity contribution in [2.75, 3.05) is 13.2 Å². The summed E-state index contributed by atoms with van der Waals surface area (Å²) in [4.78, 5) is 15.6. The summed E-state index contributed by atoms with van der Waals surface area (Å²) in [7, 11) is 0. The summed E-state index contributed by atoms with van der Waals surface area (Å²) in [6.45, 7) is 4.54. The second-order valence-corrected chi connectivity index (χ2v) is 4.74. The Morgan fingerprint density at radius 1 is 1.25 bits per heavy atom. The van der Waals surface area contributed by atoms with Gasteiger partial charge < -0.3 is 20.3 Å². The molecular weight excluding hydrogens is 330 g/mol. The summed E-state index contributed by atoms with van der Waals surface area (Å²) in [5, 5.41) is 2.82. The third-order valence-electron chi connectivity index (χ3n) is 3.20. The molecule has 1 aromatic rings. The molecule has 0 fully saturated rings. The van der Waals surface area contributed by atoms with Gasteiger partial charge in [-0.3, -0.25) is 4.79 Å². The van der Waals surface area contributed by atoms with Crippen LogP contribution in [-0.4, -0.2) is 35.7 Å². The number of rotatable bonds is 6. The Bertz CT molecular complexity index is 680.